The summed E-state index contributed by atoms with van der Waals surface area (Å²) in [5.74, 6) is 3.40. The van der Waals surface area contributed by atoms with Gasteiger partial charge in [0.15, 0.2) is 11.5 Å². The molecule has 7 heteroatoms. The molecular formula is C16H14BrNO3S2. The Morgan fingerprint density at radius 1 is 1.52 bits per heavy atom. The summed E-state index contributed by atoms with van der Waals surface area (Å²) in [5, 5.41) is 0. The fourth-order valence-corrected chi connectivity index (χ4v) is 3.96. The molecule has 0 atom stereocenters. The normalized spacial score (nSPS) is 15.9. The summed E-state index contributed by atoms with van der Waals surface area (Å²) in [6.07, 6.45) is 7.00. The smallest absolute Gasteiger partial charge is 0.266 e. The Kier molecular flexibility index (Phi) is 6.10. The summed E-state index contributed by atoms with van der Waals surface area (Å²) in [4.78, 5) is 14.4. The van der Waals surface area contributed by atoms with Crippen molar-refractivity contribution in [2.24, 2.45) is 0 Å². The summed E-state index contributed by atoms with van der Waals surface area (Å²) < 4.78 is 12.1. The summed E-state index contributed by atoms with van der Waals surface area (Å²) >= 11 is 9.94. The minimum absolute atomic E-state index is 0.0785. The number of thiocarbonyl (C=S) groups is 1. The third-order valence-electron chi connectivity index (χ3n) is 3.04. The van der Waals surface area contributed by atoms with Crippen molar-refractivity contribution >= 4 is 56.2 Å². The zero-order chi connectivity index (χ0) is 17.0. The van der Waals surface area contributed by atoms with Gasteiger partial charge in [0.2, 0.25) is 0 Å². The van der Waals surface area contributed by atoms with E-state index in [9.17, 15) is 4.79 Å². The zero-order valence-electron chi connectivity index (χ0n) is 12.6. The summed E-state index contributed by atoms with van der Waals surface area (Å²) in [6.45, 7) is 2.60. The van der Waals surface area contributed by atoms with Crippen molar-refractivity contribution in [2.45, 2.75) is 6.92 Å². The van der Waals surface area contributed by atoms with E-state index in [1.807, 2.05) is 13.0 Å². The minimum atomic E-state index is -0.0785. The number of amides is 1. The topological polar surface area (TPSA) is 38.8 Å². The van der Waals surface area contributed by atoms with Crippen molar-refractivity contribution in [2.75, 3.05) is 20.3 Å². The lowest BCUT2D eigenvalue weighted by molar-refractivity contribution is -0.121. The van der Waals surface area contributed by atoms with Crippen molar-refractivity contribution < 1.29 is 14.3 Å². The van der Waals surface area contributed by atoms with Crippen LogP contribution in [0.5, 0.6) is 11.5 Å². The van der Waals surface area contributed by atoms with Crippen LogP contribution in [0.3, 0.4) is 0 Å². The van der Waals surface area contributed by atoms with Gasteiger partial charge in [0.1, 0.15) is 10.9 Å². The second kappa shape index (κ2) is 7.86. The van der Waals surface area contributed by atoms with Crippen LogP contribution in [0.4, 0.5) is 0 Å². The standard InChI is InChI=1S/C16H14BrNO3S2/c1-4-6-21-14-11(17)7-10(8-12(14)20-3)9-13-15(19)18(5-2)16(22)23-13/h1,7-9H,5-6H2,2-3H3/b13-9-. The third-order valence-corrected chi connectivity index (χ3v) is 5.01. The van der Waals surface area contributed by atoms with Crippen LogP contribution in [0.15, 0.2) is 21.5 Å². The minimum Gasteiger partial charge on any atom is -0.493 e. The Balaban J connectivity index is 2.37. The molecule has 0 unspecified atom stereocenters. The number of likely N-dealkylation sites (N-methyl/N-ethyl adjacent to an activating group) is 1. The van der Waals surface area contributed by atoms with E-state index in [2.05, 4.69) is 21.9 Å². The molecule has 1 fully saturated rings. The van der Waals surface area contributed by atoms with Gasteiger partial charge in [0.25, 0.3) is 5.91 Å². The van der Waals surface area contributed by atoms with Gasteiger partial charge in [0, 0.05) is 6.54 Å². The number of carbonyl (C=O) groups is 1. The second-order valence-corrected chi connectivity index (χ2v) is 6.98. The Morgan fingerprint density at radius 2 is 2.26 bits per heavy atom. The number of thioether (sulfide) groups is 1. The molecule has 0 N–H and O–H groups in total. The van der Waals surface area contributed by atoms with E-state index >= 15 is 0 Å². The molecule has 0 spiro atoms. The highest BCUT2D eigenvalue weighted by molar-refractivity contribution is 9.10. The van der Waals surface area contributed by atoms with Crippen LogP contribution >= 0.6 is 39.9 Å². The molecule has 0 bridgehead atoms. The molecule has 0 aliphatic carbocycles. The number of hydrogen-bond donors (Lipinski definition) is 0. The van der Waals surface area contributed by atoms with Crippen LogP contribution in [0.1, 0.15) is 12.5 Å². The summed E-state index contributed by atoms with van der Waals surface area (Å²) in [7, 11) is 1.55. The van der Waals surface area contributed by atoms with Crippen molar-refractivity contribution in [1.29, 1.82) is 0 Å². The van der Waals surface area contributed by atoms with Gasteiger partial charge in [-0.2, -0.15) is 0 Å². The highest BCUT2D eigenvalue weighted by Crippen LogP contribution is 2.39. The summed E-state index contributed by atoms with van der Waals surface area (Å²) in [5.41, 5.74) is 0.804. The number of nitrogens with zero attached hydrogens (tertiary/aromatic N) is 1. The van der Waals surface area contributed by atoms with E-state index in [4.69, 9.17) is 28.1 Å². The van der Waals surface area contributed by atoms with Crippen LogP contribution < -0.4 is 9.47 Å². The van der Waals surface area contributed by atoms with Crippen LogP contribution in [-0.4, -0.2) is 35.4 Å². The molecule has 1 aromatic carbocycles. The predicted molar refractivity (Wildman–Crippen MR) is 101 cm³/mol. The first-order chi connectivity index (χ1) is 11.0. The van der Waals surface area contributed by atoms with Gasteiger partial charge in [-0.3, -0.25) is 9.69 Å². The van der Waals surface area contributed by atoms with Crippen molar-refractivity contribution in [3.63, 3.8) is 0 Å². The number of hydrogen-bond acceptors (Lipinski definition) is 5. The van der Waals surface area contributed by atoms with Gasteiger partial charge in [-0.25, -0.2) is 0 Å². The van der Waals surface area contributed by atoms with E-state index < -0.39 is 0 Å². The molecule has 2 rings (SSSR count). The average Bonchev–Trinajstić information content (AvgIpc) is 2.79. The maximum Gasteiger partial charge on any atom is 0.266 e. The number of benzene rings is 1. The van der Waals surface area contributed by atoms with E-state index in [1.165, 1.54) is 11.8 Å². The number of methoxy groups -OCH3 is 1. The molecule has 1 heterocycles. The van der Waals surface area contributed by atoms with Crippen molar-refractivity contribution in [3.05, 3.63) is 27.1 Å². The Labute approximate surface area is 153 Å². The molecule has 120 valence electrons. The molecule has 0 saturated carbocycles. The number of terminal acetylenes is 1. The lowest BCUT2D eigenvalue weighted by atomic mass is 10.2. The maximum absolute atomic E-state index is 12.3. The highest BCUT2D eigenvalue weighted by atomic mass is 79.9. The molecular weight excluding hydrogens is 398 g/mol. The highest BCUT2D eigenvalue weighted by Gasteiger charge is 2.30. The van der Waals surface area contributed by atoms with E-state index in [0.717, 1.165) is 5.56 Å². The van der Waals surface area contributed by atoms with Crippen LogP contribution in [-0.2, 0) is 4.79 Å². The number of rotatable bonds is 5. The second-order valence-electron chi connectivity index (χ2n) is 4.45. The van der Waals surface area contributed by atoms with Crippen molar-refractivity contribution in [3.8, 4) is 23.8 Å². The molecule has 23 heavy (non-hydrogen) atoms. The Bertz CT molecular complexity index is 725. The van der Waals surface area contributed by atoms with Crippen LogP contribution in [0.2, 0.25) is 0 Å². The number of halogens is 1. The largest absolute Gasteiger partial charge is 0.493 e. The van der Waals surface area contributed by atoms with Gasteiger partial charge in [-0.1, -0.05) is 29.9 Å². The fraction of sp³-hybridized carbons (Fsp3) is 0.250. The van der Waals surface area contributed by atoms with Gasteiger partial charge in [-0.15, -0.1) is 6.42 Å². The van der Waals surface area contributed by atoms with Gasteiger partial charge >= 0.3 is 0 Å². The molecule has 1 saturated heterocycles. The Morgan fingerprint density at radius 3 is 2.83 bits per heavy atom. The van der Waals surface area contributed by atoms with Crippen LogP contribution in [0, 0.1) is 12.3 Å². The molecule has 1 aliphatic heterocycles. The fourth-order valence-electron chi connectivity index (χ4n) is 2.00. The van der Waals surface area contributed by atoms with Gasteiger partial charge in [-0.05, 0) is 46.6 Å². The molecule has 0 radical (unpaired) electrons. The number of ether oxygens (including phenoxy) is 2. The first kappa shape index (κ1) is 17.9. The van der Waals surface area contributed by atoms with Gasteiger partial charge < -0.3 is 9.47 Å². The molecule has 0 aromatic heterocycles. The molecule has 1 aliphatic rings. The molecule has 4 nitrogen and oxygen atoms in total. The lowest BCUT2D eigenvalue weighted by Gasteiger charge is -2.12. The van der Waals surface area contributed by atoms with Crippen LogP contribution in [0.25, 0.3) is 6.08 Å². The Hall–Kier alpha value is -1.49. The van der Waals surface area contributed by atoms with E-state index in [1.54, 1.807) is 24.2 Å². The van der Waals surface area contributed by atoms with E-state index in [-0.39, 0.29) is 12.5 Å². The maximum atomic E-state index is 12.3. The van der Waals surface area contributed by atoms with Crippen molar-refractivity contribution in [1.82, 2.24) is 4.90 Å². The summed E-state index contributed by atoms with van der Waals surface area (Å²) in [6, 6.07) is 3.63. The average molecular weight is 412 g/mol. The number of carbonyl (C=O) groups excluding carboxylic acids is 1. The lowest BCUT2D eigenvalue weighted by Crippen LogP contribution is -2.27. The molecule has 1 aromatic rings. The zero-order valence-corrected chi connectivity index (χ0v) is 15.8. The van der Waals surface area contributed by atoms with Gasteiger partial charge in [0.05, 0.1) is 16.5 Å². The predicted octanol–water partition coefficient (Wildman–Crippen LogP) is 3.69. The molecule has 1 amide bonds. The monoisotopic (exact) mass is 411 g/mol. The first-order valence-electron chi connectivity index (χ1n) is 6.71. The SMILES string of the molecule is C#CCOc1c(Br)cc(/C=C2\SC(=S)N(CC)C2=O)cc1OC. The third kappa shape index (κ3) is 3.89. The first-order valence-corrected chi connectivity index (χ1v) is 8.72. The quantitative estimate of drug-likeness (QED) is 0.419. The van der Waals surface area contributed by atoms with E-state index in [0.29, 0.717) is 31.7 Å².